The SMILES string of the molecule is CN(C)c1ccc(C2(C(=O)Nc3ccc4[nH]c(C(C)(C)C)cc4c3)CC2)cc1NN. The number of carbonyl (C=O) groups excluding carboxylic acids is 1. The molecule has 0 aliphatic heterocycles. The van der Waals surface area contributed by atoms with Crippen LogP contribution in [0, 0.1) is 0 Å². The van der Waals surface area contributed by atoms with Crippen LogP contribution in [0.3, 0.4) is 0 Å². The number of carbonyl (C=O) groups is 1. The topological polar surface area (TPSA) is 86.2 Å². The number of fused-ring (bicyclic) bond motifs is 1. The van der Waals surface area contributed by atoms with Gasteiger partial charge < -0.3 is 20.6 Å². The number of H-pyrrole nitrogens is 1. The predicted octanol–water partition coefficient (Wildman–Crippen LogP) is 4.49. The minimum Gasteiger partial charge on any atom is -0.376 e. The molecule has 1 fully saturated rings. The van der Waals surface area contributed by atoms with Gasteiger partial charge in [-0.2, -0.15) is 0 Å². The van der Waals surface area contributed by atoms with Gasteiger partial charge in [-0.05, 0) is 54.8 Å². The highest BCUT2D eigenvalue weighted by atomic mass is 16.2. The van der Waals surface area contributed by atoms with Crippen LogP contribution in [0.2, 0.25) is 0 Å². The average molecular weight is 406 g/mol. The molecule has 3 aromatic rings. The minimum atomic E-state index is -0.486. The zero-order chi connectivity index (χ0) is 21.7. The van der Waals surface area contributed by atoms with E-state index in [1.54, 1.807) is 0 Å². The maximum Gasteiger partial charge on any atom is 0.235 e. The first-order valence-corrected chi connectivity index (χ1v) is 10.4. The Hall–Kier alpha value is -2.99. The largest absolute Gasteiger partial charge is 0.376 e. The van der Waals surface area contributed by atoms with Gasteiger partial charge >= 0.3 is 0 Å². The number of aromatic nitrogens is 1. The Morgan fingerprint density at radius 2 is 1.83 bits per heavy atom. The molecule has 0 atom stereocenters. The summed E-state index contributed by atoms with van der Waals surface area (Å²) in [6, 6.07) is 14.2. The summed E-state index contributed by atoms with van der Waals surface area (Å²) >= 11 is 0. The Balaban J connectivity index is 1.59. The Morgan fingerprint density at radius 3 is 2.43 bits per heavy atom. The first kappa shape index (κ1) is 20.3. The first-order valence-electron chi connectivity index (χ1n) is 10.4. The number of hydrazine groups is 1. The van der Waals surface area contributed by atoms with Gasteiger partial charge in [0.2, 0.25) is 5.91 Å². The number of nitrogens with two attached hydrogens (primary N) is 1. The lowest BCUT2D eigenvalue weighted by molar-refractivity contribution is -0.118. The standard InChI is InChI=1S/C24H31N5O/c1-23(2,3)21-13-15-12-17(7-8-18(15)27-21)26-22(30)24(10-11-24)16-6-9-20(29(4)5)19(14-16)28-25/h6-9,12-14,27-28H,10-11,25H2,1-5H3,(H,26,30). The molecule has 1 heterocycles. The fraction of sp³-hybridized carbons (Fsp3) is 0.375. The van der Waals surface area contributed by atoms with Gasteiger partial charge in [0.15, 0.2) is 0 Å². The predicted molar refractivity (Wildman–Crippen MR) is 125 cm³/mol. The number of anilines is 3. The minimum absolute atomic E-state index is 0.0361. The number of hydrogen-bond donors (Lipinski definition) is 4. The summed E-state index contributed by atoms with van der Waals surface area (Å²) in [4.78, 5) is 18.7. The smallest absolute Gasteiger partial charge is 0.235 e. The maximum absolute atomic E-state index is 13.2. The normalized spacial score (nSPS) is 15.1. The molecule has 2 aromatic carbocycles. The Kier molecular flexibility index (Phi) is 4.77. The van der Waals surface area contributed by atoms with Crippen LogP contribution in [-0.2, 0) is 15.6 Å². The average Bonchev–Trinajstić information content (AvgIpc) is 3.39. The molecule has 1 aliphatic rings. The highest BCUT2D eigenvalue weighted by Crippen LogP contribution is 2.50. The van der Waals surface area contributed by atoms with Crippen molar-refractivity contribution in [2.24, 2.45) is 5.84 Å². The molecule has 5 N–H and O–H groups in total. The summed E-state index contributed by atoms with van der Waals surface area (Å²) in [7, 11) is 3.94. The summed E-state index contributed by atoms with van der Waals surface area (Å²) in [5, 5.41) is 4.25. The van der Waals surface area contributed by atoms with Crippen LogP contribution < -0.4 is 21.5 Å². The lowest BCUT2D eigenvalue weighted by atomic mass is 9.92. The molecule has 0 bridgehead atoms. The number of nitrogens with one attached hydrogen (secondary N) is 3. The highest BCUT2D eigenvalue weighted by molar-refractivity contribution is 6.02. The molecule has 6 nitrogen and oxygen atoms in total. The Bertz CT molecular complexity index is 1100. The van der Waals surface area contributed by atoms with Crippen molar-refractivity contribution in [3.05, 3.63) is 53.7 Å². The molecule has 0 unspecified atom stereocenters. The first-order chi connectivity index (χ1) is 14.1. The van der Waals surface area contributed by atoms with Gasteiger partial charge in [0.05, 0.1) is 16.8 Å². The molecule has 1 aromatic heterocycles. The molecule has 158 valence electrons. The van der Waals surface area contributed by atoms with E-state index < -0.39 is 5.41 Å². The van der Waals surface area contributed by atoms with Crippen molar-refractivity contribution in [1.82, 2.24) is 4.98 Å². The number of hydrogen-bond acceptors (Lipinski definition) is 4. The van der Waals surface area contributed by atoms with Crippen molar-refractivity contribution in [2.45, 2.75) is 44.4 Å². The van der Waals surface area contributed by atoms with E-state index in [-0.39, 0.29) is 11.3 Å². The van der Waals surface area contributed by atoms with Crippen molar-refractivity contribution >= 4 is 33.9 Å². The van der Waals surface area contributed by atoms with Crippen LogP contribution in [0.25, 0.3) is 10.9 Å². The van der Waals surface area contributed by atoms with Gasteiger partial charge in [-0.15, -0.1) is 0 Å². The number of benzene rings is 2. The second kappa shape index (κ2) is 7.06. The van der Waals surface area contributed by atoms with Gasteiger partial charge in [-0.3, -0.25) is 10.6 Å². The lowest BCUT2D eigenvalue weighted by Crippen LogP contribution is -2.28. The van der Waals surface area contributed by atoms with Crippen LogP contribution >= 0.6 is 0 Å². The van der Waals surface area contributed by atoms with E-state index in [0.29, 0.717) is 0 Å². The van der Waals surface area contributed by atoms with Crippen LogP contribution in [0.15, 0.2) is 42.5 Å². The van der Waals surface area contributed by atoms with Crippen molar-refractivity contribution in [3.63, 3.8) is 0 Å². The summed E-state index contributed by atoms with van der Waals surface area (Å²) in [5.74, 6) is 5.76. The summed E-state index contributed by atoms with van der Waals surface area (Å²) in [5.41, 5.74) is 8.22. The number of nitrogen functional groups attached to an aromatic ring is 1. The summed E-state index contributed by atoms with van der Waals surface area (Å²) < 4.78 is 0. The van der Waals surface area contributed by atoms with Crippen molar-refractivity contribution < 1.29 is 4.79 Å². The van der Waals surface area contributed by atoms with Gasteiger partial charge in [0, 0.05) is 41.8 Å². The third-order valence-electron chi connectivity index (χ3n) is 6.06. The van der Waals surface area contributed by atoms with Crippen LogP contribution in [0.5, 0.6) is 0 Å². The number of aromatic amines is 1. The Labute approximate surface area is 177 Å². The molecule has 6 heteroatoms. The Morgan fingerprint density at radius 1 is 1.10 bits per heavy atom. The molecule has 0 spiro atoms. The highest BCUT2D eigenvalue weighted by Gasteiger charge is 2.51. The van der Waals surface area contributed by atoms with Gasteiger partial charge in [-0.1, -0.05) is 26.8 Å². The van der Waals surface area contributed by atoms with Gasteiger partial charge in [0.25, 0.3) is 0 Å². The van der Waals surface area contributed by atoms with Crippen LogP contribution in [0.4, 0.5) is 17.1 Å². The van der Waals surface area contributed by atoms with Crippen molar-refractivity contribution in [1.29, 1.82) is 0 Å². The molecule has 4 rings (SSSR count). The number of amides is 1. The maximum atomic E-state index is 13.2. The fourth-order valence-corrected chi connectivity index (χ4v) is 3.98. The van der Waals surface area contributed by atoms with Crippen LogP contribution in [0.1, 0.15) is 44.9 Å². The zero-order valence-corrected chi connectivity index (χ0v) is 18.4. The van der Waals surface area contributed by atoms with Crippen LogP contribution in [-0.4, -0.2) is 25.0 Å². The number of nitrogens with zero attached hydrogens (tertiary/aromatic N) is 1. The third-order valence-corrected chi connectivity index (χ3v) is 6.06. The van der Waals surface area contributed by atoms with E-state index in [2.05, 4.69) is 42.6 Å². The van der Waals surface area contributed by atoms with E-state index in [1.165, 1.54) is 5.69 Å². The summed E-state index contributed by atoms with van der Waals surface area (Å²) in [6.45, 7) is 6.55. The molecular weight excluding hydrogens is 374 g/mol. The van der Waals surface area contributed by atoms with E-state index in [1.807, 2.05) is 55.4 Å². The molecule has 1 aliphatic carbocycles. The van der Waals surface area contributed by atoms with E-state index in [0.717, 1.165) is 46.4 Å². The second-order valence-corrected chi connectivity index (χ2v) is 9.54. The van der Waals surface area contributed by atoms with Gasteiger partial charge in [-0.25, -0.2) is 0 Å². The second-order valence-electron chi connectivity index (χ2n) is 9.54. The third kappa shape index (κ3) is 3.52. The van der Waals surface area contributed by atoms with E-state index in [4.69, 9.17) is 5.84 Å². The molecular formula is C24H31N5O. The zero-order valence-electron chi connectivity index (χ0n) is 18.4. The summed E-state index contributed by atoms with van der Waals surface area (Å²) in [6.07, 6.45) is 1.68. The number of rotatable bonds is 5. The fourth-order valence-electron chi connectivity index (χ4n) is 3.98. The van der Waals surface area contributed by atoms with E-state index in [9.17, 15) is 4.79 Å². The molecule has 0 saturated heterocycles. The molecule has 1 amide bonds. The lowest BCUT2D eigenvalue weighted by Gasteiger charge is -2.21. The van der Waals surface area contributed by atoms with Gasteiger partial charge in [0.1, 0.15) is 0 Å². The van der Waals surface area contributed by atoms with Crippen molar-refractivity contribution in [3.8, 4) is 0 Å². The quantitative estimate of drug-likeness (QED) is 0.372. The molecule has 1 saturated carbocycles. The van der Waals surface area contributed by atoms with E-state index >= 15 is 0 Å². The molecule has 0 radical (unpaired) electrons. The monoisotopic (exact) mass is 405 g/mol. The van der Waals surface area contributed by atoms with Crippen molar-refractivity contribution in [2.75, 3.05) is 29.7 Å². The molecule has 30 heavy (non-hydrogen) atoms.